The number of carbonyl (C=O) groups is 1. The van der Waals surface area contributed by atoms with Crippen molar-refractivity contribution in [1.29, 1.82) is 0 Å². The third kappa shape index (κ3) is 4.31. The molecule has 2 saturated heterocycles. The summed E-state index contributed by atoms with van der Waals surface area (Å²) in [5.41, 5.74) is 1.30. The zero-order valence-corrected chi connectivity index (χ0v) is 13.2. The molecule has 4 nitrogen and oxygen atoms in total. The van der Waals surface area contributed by atoms with Gasteiger partial charge in [-0.05, 0) is 37.3 Å². The predicted molar refractivity (Wildman–Crippen MR) is 86.7 cm³/mol. The van der Waals surface area contributed by atoms with Gasteiger partial charge in [-0.2, -0.15) is 0 Å². The summed E-state index contributed by atoms with van der Waals surface area (Å²) in [5.74, 6) is 0.982. The molecule has 0 spiro atoms. The average molecular weight is 302 g/mol. The fraction of sp³-hybridized carbons (Fsp3) is 0.611. The fourth-order valence-corrected chi connectivity index (χ4v) is 3.27. The Balaban J connectivity index is 1.39. The molecule has 1 aromatic carbocycles. The van der Waals surface area contributed by atoms with Crippen LogP contribution in [0.5, 0.6) is 0 Å². The quantitative estimate of drug-likeness (QED) is 0.803. The molecule has 0 aromatic heterocycles. The summed E-state index contributed by atoms with van der Waals surface area (Å²) in [6.45, 7) is 6.16. The van der Waals surface area contributed by atoms with Gasteiger partial charge in [-0.25, -0.2) is 0 Å². The predicted octanol–water partition coefficient (Wildman–Crippen LogP) is 1.80. The Labute approximate surface area is 133 Å². The first-order chi connectivity index (χ1) is 10.8. The van der Waals surface area contributed by atoms with E-state index >= 15 is 0 Å². The minimum Gasteiger partial charge on any atom is -0.381 e. The lowest BCUT2D eigenvalue weighted by molar-refractivity contribution is -0.136. The van der Waals surface area contributed by atoms with Crippen LogP contribution in [-0.2, 0) is 16.0 Å². The Kier molecular flexibility index (Phi) is 5.46. The third-order valence-corrected chi connectivity index (χ3v) is 4.79. The van der Waals surface area contributed by atoms with Crippen molar-refractivity contribution >= 4 is 5.91 Å². The number of ether oxygens (including phenoxy) is 1. The van der Waals surface area contributed by atoms with E-state index in [2.05, 4.69) is 29.2 Å². The highest BCUT2D eigenvalue weighted by Gasteiger charge is 2.24. The zero-order valence-electron chi connectivity index (χ0n) is 13.2. The van der Waals surface area contributed by atoms with Gasteiger partial charge in [0.1, 0.15) is 0 Å². The number of rotatable bonds is 6. The number of hydrogen-bond donors (Lipinski definition) is 0. The largest absolute Gasteiger partial charge is 0.381 e. The lowest BCUT2D eigenvalue weighted by atomic mass is 10.0. The molecular weight excluding hydrogens is 276 g/mol. The first-order valence-electron chi connectivity index (χ1n) is 8.43. The van der Waals surface area contributed by atoms with Crippen LogP contribution in [0, 0.1) is 5.92 Å². The zero-order chi connectivity index (χ0) is 15.2. The summed E-state index contributed by atoms with van der Waals surface area (Å²) in [4.78, 5) is 16.6. The molecule has 2 aliphatic rings. The first kappa shape index (κ1) is 15.5. The monoisotopic (exact) mass is 302 g/mol. The summed E-state index contributed by atoms with van der Waals surface area (Å²) in [5, 5.41) is 0. The number of carbonyl (C=O) groups excluding carboxylic acids is 1. The van der Waals surface area contributed by atoms with Crippen LogP contribution >= 0.6 is 0 Å². The summed E-state index contributed by atoms with van der Waals surface area (Å²) >= 11 is 0. The van der Waals surface area contributed by atoms with Crippen LogP contribution in [0.1, 0.15) is 18.4 Å². The highest BCUT2D eigenvalue weighted by molar-refractivity contribution is 5.79. The second-order valence-corrected chi connectivity index (χ2v) is 6.41. The Morgan fingerprint density at radius 3 is 2.73 bits per heavy atom. The molecule has 1 amide bonds. The van der Waals surface area contributed by atoms with Crippen LogP contribution < -0.4 is 0 Å². The highest BCUT2D eigenvalue weighted by Crippen LogP contribution is 2.17. The van der Waals surface area contributed by atoms with Gasteiger partial charge in [-0.3, -0.25) is 9.69 Å². The van der Waals surface area contributed by atoms with Crippen LogP contribution in [-0.4, -0.2) is 61.6 Å². The van der Waals surface area contributed by atoms with Crippen LogP contribution in [0.15, 0.2) is 30.3 Å². The van der Waals surface area contributed by atoms with E-state index in [1.807, 2.05) is 11.0 Å². The standard InChI is InChI=1S/C18H26N2O2/c21-18-14-19(9-6-17-8-13-22-15-17)11-12-20(18)10-7-16-4-2-1-3-5-16/h1-5,17H,6-15H2/t17-/m0/s1. The summed E-state index contributed by atoms with van der Waals surface area (Å²) in [6, 6.07) is 10.4. The highest BCUT2D eigenvalue weighted by atomic mass is 16.5. The third-order valence-electron chi connectivity index (χ3n) is 4.79. The maximum atomic E-state index is 12.3. The summed E-state index contributed by atoms with van der Waals surface area (Å²) in [7, 11) is 0. The Morgan fingerprint density at radius 1 is 1.14 bits per heavy atom. The molecule has 1 aromatic rings. The molecule has 2 fully saturated rings. The molecule has 0 N–H and O–H groups in total. The van der Waals surface area contributed by atoms with Gasteiger partial charge in [0, 0.05) is 32.8 Å². The molecule has 0 bridgehead atoms. The van der Waals surface area contributed by atoms with E-state index in [1.165, 1.54) is 12.0 Å². The SMILES string of the molecule is O=C1CN(CC[C@H]2CCOC2)CCN1CCc1ccccc1. The van der Waals surface area contributed by atoms with Gasteiger partial charge in [-0.1, -0.05) is 30.3 Å². The minimum absolute atomic E-state index is 0.282. The van der Waals surface area contributed by atoms with E-state index in [0.29, 0.717) is 12.5 Å². The number of piperazine rings is 1. The van der Waals surface area contributed by atoms with E-state index in [1.54, 1.807) is 0 Å². The van der Waals surface area contributed by atoms with Crippen molar-refractivity contribution in [2.45, 2.75) is 19.3 Å². The van der Waals surface area contributed by atoms with Crippen molar-refractivity contribution < 1.29 is 9.53 Å². The molecular formula is C18H26N2O2. The van der Waals surface area contributed by atoms with Gasteiger partial charge in [0.15, 0.2) is 0 Å². The fourth-order valence-electron chi connectivity index (χ4n) is 3.27. The van der Waals surface area contributed by atoms with Crippen molar-refractivity contribution in [3.8, 4) is 0 Å². The Bertz CT molecular complexity index is 471. The van der Waals surface area contributed by atoms with Crippen LogP contribution in [0.2, 0.25) is 0 Å². The molecule has 2 aliphatic heterocycles. The van der Waals surface area contributed by atoms with E-state index < -0.39 is 0 Å². The van der Waals surface area contributed by atoms with E-state index in [-0.39, 0.29) is 5.91 Å². The minimum atomic E-state index is 0.282. The maximum Gasteiger partial charge on any atom is 0.236 e. The van der Waals surface area contributed by atoms with Crippen molar-refractivity contribution in [2.24, 2.45) is 5.92 Å². The summed E-state index contributed by atoms with van der Waals surface area (Å²) < 4.78 is 5.42. The molecule has 2 heterocycles. The molecule has 0 aliphatic carbocycles. The molecule has 0 radical (unpaired) electrons. The van der Waals surface area contributed by atoms with E-state index in [0.717, 1.165) is 52.2 Å². The lowest BCUT2D eigenvalue weighted by Gasteiger charge is -2.34. The number of hydrogen-bond acceptors (Lipinski definition) is 3. The molecule has 0 unspecified atom stereocenters. The number of benzene rings is 1. The van der Waals surface area contributed by atoms with Crippen LogP contribution in [0.4, 0.5) is 0 Å². The number of nitrogens with zero attached hydrogens (tertiary/aromatic N) is 2. The van der Waals surface area contributed by atoms with Gasteiger partial charge in [0.2, 0.25) is 5.91 Å². The van der Waals surface area contributed by atoms with Crippen molar-refractivity contribution in [3.63, 3.8) is 0 Å². The summed E-state index contributed by atoms with van der Waals surface area (Å²) in [6.07, 6.45) is 3.30. The van der Waals surface area contributed by atoms with Gasteiger partial charge >= 0.3 is 0 Å². The van der Waals surface area contributed by atoms with Gasteiger partial charge < -0.3 is 9.64 Å². The van der Waals surface area contributed by atoms with Crippen LogP contribution in [0.25, 0.3) is 0 Å². The van der Waals surface area contributed by atoms with Gasteiger partial charge in [0.25, 0.3) is 0 Å². The molecule has 0 saturated carbocycles. The van der Waals surface area contributed by atoms with E-state index in [9.17, 15) is 4.79 Å². The Hall–Kier alpha value is -1.39. The molecule has 120 valence electrons. The van der Waals surface area contributed by atoms with Gasteiger partial charge in [0.05, 0.1) is 6.54 Å². The lowest BCUT2D eigenvalue weighted by Crippen LogP contribution is -2.51. The Morgan fingerprint density at radius 2 is 2.00 bits per heavy atom. The average Bonchev–Trinajstić information content (AvgIpc) is 3.06. The van der Waals surface area contributed by atoms with E-state index in [4.69, 9.17) is 4.74 Å². The smallest absolute Gasteiger partial charge is 0.236 e. The molecule has 4 heteroatoms. The first-order valence-corrected chi connectivity index (χ1v) is 8.43. The number of amides is 1. The molecule has 3 rings (SSSR count). The second kappa shape index (κ2) is 7.75. The van der Waals surface area contributed by atoms with Crippen molar-refractivity contribution in [1.82, 2.24) is 9.80 Å². The topological polar surface area (TPSA) is 32.8 Å². The normalized spacial score (nSPS) is 23.2. The van der Waals surface area contributed by atoms with Gasteiger partial charge in [-0.15, -0.1) is 0 Å². The van der Waals surface area contributed by atoms with Crippen LogP contribution in [0.3, 0.4) is 0 Å². The van der Waals surface area contributed by atoms with Crippen molar-refractivity contribution in [3.05, 3.63) is 35.9 Å². The molecule has 1 atom stereocenters. The maximum absolute atomic E-state index is 12.3. The van der Waals surface area contributed by atoms with Crippen molar-refractivity contribution in [2.75, 3.05) is 45.9 Å². The second-order valence-electron chi connectivity index (χ2n) is 6.41. The molecule has 22 heavy (non-hydrogen) atoms.